The zero-order valence-electron chi connectivity index (χ0n) is 15.9. The van der Waals surface area contributed by atoms with E-state index < -0.39 is 10.0 Å². The summed E-state index contributed by atoms with van der Waals surface area (Å²) in [4.78, 5) is 8.60. The van der Waals surface area contributed by atoms with E-state index in [1.807, 2.05) is 54.6 Å². The average Bonchev–Trinajstić information content (AvgIpc) is 3.11. The maximum absolute atomic E-state index is 12.1. The molecule has 8 heteroatoms. The van der Waals surface area contributed by atoms with Crippen molar-refractivity contribution in [2.24, 2.45) is 0 Å². The van der Waals surface area contributed by atoms with E-state index in [-0.39, 0.29) is 5.75 Å². The van der Waals surface area contributed by atoms with Crippen molar-refractivity contribution in [3.05, 3.63) is 78.0 Å². The lowest BCUT2D eigenvalue weighted by molar-refractivity contribution is 0.294. The summed E-state index contributed by atoms with van der Waals surface area (Å²) in [5.74, 6) is 1.15. The largest absolute Gasteiger partial charge is 0.473 e. The summed E-state index contributed by atoms with van der Waals surface area (Å²) in [5, 5.41) is 3.17. The Kier molecular flexibility index (Phi) is 5.62. The van der Waals surface area contributed by atoms with E-state index in [2.05, 4.69) is 15.3 Å². The number of hydrogen-bond donors (Lipinski definition) is 1. The first kappa shape index (κ1) is 19.2. The highest BCUT2D eigenvalue weighted by atomic mass is 32.2. The van der Waals surface area contributed by atoms with Crippen LogP contribution >= 0.6 is 0 Å². The fourth-order valence-electron chi connectivity index (χ4n) is 3.17. The predicted octanol–water partition coefficient (Wildman–Crippen LogP) is 3.21. The third kappa shape index (κ3) is 4.83. The van der Waals surface area contributed by atoms with Crippen LogP contribution in [-0.4, -0.2) is 30.7 Å². The zero-order chi connectivity index (χ0) is 20.1. The molecule has 29 heavy (non-hydrogen) atoms. The van der Waals surface area contributed by atoms with Gasteiger partial charge in [0.05, 0.1) is 11.4 Å². The summed E-state index contributed by atoms with van der Waals surface area (Å²) < 4.78 is 31.5. The van der Waals surface area contributed by atoms with Gasteiger partial charge in [0.2, 0.25) is 21.9 Å². The second kappa shape index (κ2) is 8.48. The van der Waals surface area contributed by atoms with Crippen molar-refractivity contribution in [3.8, 4) is 5.88 Å². The lowest BCUT2D eigenvalue weighted by atomic mass is 10.2. The summed E-state index contributed by atoms with van der Waals surface area (Å²) >= 11 is 0. The monoisotopic (exact) mass is 410 g/mol. The summed E-state index contributed by atoms with van der Waals surface area (Å²) in [6.45, 7) is 1.44. The van der Waals surface area contributed by atoms with Crippen molar-refractivity contribution in [1.82, 2.24) is 9.97 Å². The Balaban J connectivity index is 1.39. The van der Waals surface area contributed by atoms with Crippen LogP contribution in [0.4, 0.5) is 11.6 Å². The van der Waals surface area contributed by atoms with E-state index in [9.17, 15) is 8.42 Å². The molecule has 3 aromatic rings. The number of sulfonamides is 1. The molecule has 0 radical (unpaired) electrons. The molecule has 150 valence electrons. The maximum atomic E-state index is 12.1. The molecule has 1 fully saturated rings. The standard InChI is InChI=1S/C21H22N4O3S/c26-29(27)13-5-12-25(29)19-9-4-8-18(14-19)15-23-21-22-11-10-20(24-21)28-16-17-6-2-1-3-7-17/h1-4,6-11,14H,5,12-13,15-16H2,(H,22,23,24). The molecule has 0 spiro atoms. The molecule has 4 rings (SSSR count). The normalized spacial score (nSPS) is 15.2. The highest BCUT2D eigenvalue weighted by molar-refractivity contribution is 7.93. The lowest BCUT2D eigenvalue weighted by Crippen LogP contribution is -2.25. The van der Waals surface area contributed by atoms with Gasteiger partial charge in [-0.25, -0.2) is 13.4 Å². The number of rotatable bonds is 7. The van der Waals surface area contributed by atoms with Crippen LogP contribution in [0, 0.1) is 0 Å². The van der Waals surface area contributed by atoms with Gasteiger partial charge >= 0.3 is 0 Å². The Morgan fingerprint density at radius 2 is 1.86 bits per heavy atom. The highest BCUT2D eigenvalue weighted by Crippen LogP contribution is 2.25. The predicted molar refractivity (Wildman–Crippen MR) is 112 cm³/mol. The second-order valence-electron chi connectivity index (χ2n) is 6.76. The fourth-order valence-corrected chi connectivity index (χ4v) is 4.73. The Labute approximate surface area is 170 Å². The Bertz CT molecular complexity index is 1070. The molecule has 1 aromatic heterocycles. The first-order chi connectivity index (χ1) is 14.1. The van der Waals surface area contributed by atoms with E-state index >= 15 is 0 Å². The molecule has 2 aromatic carbocycles. The number of nitrogens with zero attached hydrogens (tertiary/aromatic N) is 3. The van der Waals surface area contributed by atoms with E-state index in [0.717, 1.165) is 11.1 Å². The highest BCUT2D eigenvalue weighted by Gasteiger charge is 2.28. The number of nitrogens with one attached hydrogen (secondary N) is 1. The van der Waals surface area contributed by atoms with Crippen LogP contribution in [0.15, 0.2) is 66.9 Å². The number of hydrogen-bond acceptors (Lipinski definition) is 6. The number of aromatic nitrogens is 2. The molecule has 1 aliphatic rings. The van der Waals surface area contributed by atoms with Crippen LogP contribution in [0.5, 0.6) is 5.88 Å². The van der Waals surface area contributed by atoms with Gasteiger partial charge in [0.15, 0.2) is 0 Å². The Morgan fingerprint density at radius 3 is 2.66 bits per heavy atom. The quantitative estimate of drug-likeness (QED) is 0.644. The molecule has 0 amide bonds. The first-order valence-electron chi connectivity index (χ1n) is 9.43. The molecule has 7 nitrogen and oxygen atoms in total. The average molecular weight is 410 g/mol. The van der Waals surface area contributed by atoms with Gasteiger partial charge in [0.25, 0.3) is 0 Å². The van der Waals surface area contributed by atoms with Crippen molar-refractivity contribution in [1.29, 1.82) is 0 Å². The van der Waals surface area contributed by atoms with E-state index in [4.69, 9.17) is 4.74 Å². The molecular formula is C21H22N4O3S. The van der Waals surface area contributed by atoms with Gasteiger partial charge in [-0.2, -0.15) is 4.98 Å². The van der Waals surface area contributed by atoms with Gasteiger partial charge < -0.3 is 10.1 Å². The topological polar surface area (TPSA) is 84.4 Å². The Hall–Kier alpha value is -3.13. The minimum Gasteiger partial charge on any atom is -0.473 e. The first-order valence-corrected chi connectivity index (χ1v) is 11.0. The molecular weight excluding hydrogens is 388 g/mol. The number of ether oxygens (including phenoxy) is 1. The lowest BCUT2D eigenvalue weighted by Gasteiger charge is -2.17. The number of benzene rings is 2. The van der Waals surface area contributed by atoms with Gasteiger partial charge in [-0.15, -0.1) is 0 Å². The molecule has 0 aliphatic carbocycles. The molecule has 0 saturated carbocycles. The summed E-state index contributed by atoms with van der Waals surface area (Å²) in [6, 6.07) is 19.1. The van der Waals surface area contributed by atoms with Crippen LogP contribution < -0.4 is 14.4 Å². The maximum Gasteiger partial charge on any atom is 0.235 e. The van der Waals surface area contributed by atoms with E-state index in [1.54, 1.807) is 12.3 Å². The van der Waals surface area contributed by atoms with Crippen molar-refractivity contribution >= 4 is 21.7 Å². The molecule has 0 bridgehead atoms. The third-order valence-electron chi connectivity index (χ3n) is 4.61. The molecule has 1 N–H and O–H groups in total. The van der Waals surface area contributed by atoms with Gasteiger partial charge in [0.1, 0.15) is 6.61 Å². The van der Waals surface area contributed by atoms with Crippen LogP contribution in [-0.2, 0) is 23.2 Å². The fraction of sp³-hybridized carbons (Fsp3) is 0.238. The molecule has 0 unspecified atom stereocenters. The molecule has 1 saturated heterocycles. The third-order valence-corrected chi connectivity index (χ3v) is 6.48. The van der Waals surface area contributed by atoms with Crippen LogP contribution in [0.25, 0.3) is 0 Å². The zero-order valence-corrected chi connectivity index (χ0v) is 16.7. The van der Waals surface area contributed by atoms with Crippen molar-refractivity contribution in [2.45, 2.75) is 19.6 Å². The molecule has 1 aliphatic heterocycles. The van der Waals surface area contributed by atoms with E-state index in [1.165, 1.54) is 4.31 Å². The van der Waals surface area contributed by atoms with Crippen LogP contribution in [0.1, 0.15) is 17.5 Å². The van der Waals surface area contributed by atoms with Gasteiger partial charge in [-0.3, -0.25) is 4.31 Å². The molecule has 2 heterocycles. The minimum atomic E-state index is -3.19. The van der Waals surface area contributed by atoms with Gasteiger partial charge in [-0.1, -0.05) is 42.5 Å². The molecule has 0 atom stereocenters. The van der Waals surface area contributed by atoms with Gasteiger partial charge in [-0.05, 0) is 29.7 Å². The smallest absolute Gasteiger partial charge is 0.235 e. The minimum absolute atomic E-state index is 0.207. The van der Waals surface area contributed by atoms with Crippen LogP contribution in [0.3, 0.4) is 0 Å². The SMILES string of the molecule is O=S1(=O)CCCN1c1cccc(CNc2nccc(OCc3ccccc3)n2)c1. The van der Waals surface area contributed by atoms with Crippen molar-refractivity contribution in [3.63, 3.8) is 0 Å². The number of anilines is 2. The summed E-state index contributed by atoms with van der Waals surface area (Å²) in [6.07, 6.45) is 2.30. The Morgan fingerprint density at radius 1 is 1.03 bits per heavy atom. The van der Waals surface area contributed by atoms with Crippen molar-refractivity contribution in [2.75, 3.05) is 21.9 Å². The van der Waals surface area contributed by atoms with E-state index in [0.29, 0.717) is 43.6 Å². The second-order valence-corrected chi connectivity index (χ2v) is 8.77. The van der Waals surface area contributed by atoms with Crippen molar-refractivity contribution < 1.29 is 13.2 Å². The van der Waals surface area contributed by atoms with Gasteiger partial charge in [0, 0.05) is 25.4 Å². The van der Waals surface area contributed by atoms with Crippen LogP contribution in [0.2, 0.25) is 0 Å². The summed E-state index contributed by atoms with van der Waals surface area (Å²) in [5.41, 5.74) is 2.71. The summed E-state index contributed by atoms with van der Waals surface area (Å²) in [7, 11) is -3.19.